The lowest BCUT2D eigenvalue weighted by Crippen LogP contribution is -2.50. The highest BCUT2D eigenvalue weighted by Crippen LogP contribution is 2.32. The van der Waals surface area contributed by atoms with Gasteiger partial charge in [-0.1, -0.05) is 6.42 Å². The zero-order chi connectivity index (χ0) is 10.9. The van der Waals surface area contributed by atoms with Crippen molar-refractivity contribution in [1.29, 1.82) is 0 Å². The number of nitrogens with zero attached hydrogens (tertiary/aromatic N) is 1. The summed E-state index contributed by atoms with van der Waals surface area (Å²) in [5.41, 5.74) is 0.300. The van der Waals surface area contributed by atoms with Crippen molar-refractivity contribution in [3.8, 4) is 0 Å². The summed E-state index contributed by atoms with van der Waals surface area (Å²) in [5, 5.41) is 3.64. The first-order valence-electron chi connectivity index (χ1n) is 6.57. The molecule has 0 aromatic carbocycles. The van der Waals surface area contributed by atoms with Gasteiger partial charge in [-0.25, -0.2) is 0 Å². The summed E-state index contributed by atoms with van der Waals surface area (Å²) < 4.78 is 0. The molecule has 0 aromatic heterocycles. The summed E-state index contributed by atoms with van der Waals surface area (Å²) in [6.07, 6.45) is 5.70. The largest absolute Gasteiger partial charge is 0.310 e. The third-order valence-electron chi connectivity index (χ3n) is 4.23. The van der Waals surface area contributed by atoms with Crippen LogP contribution in [-0.4, -0.2) is 36.1 Å². The molecule has 0 amide bonds. The van der Waals surface area contributed by atoms with E-state index >= 15 is 0 Å². The molecule has 1 N–H and O–H groups in total. The number of hydrogen-bond donors (Lipinski definition) is 1. The molecule has 1 saturated heterocycles. The van der Waals surface area contributed by atoms with Gasteiger partial charge in [0.1, 0.15) is 0 Å². The lowest BCUT2D eigenvalue weighted by atomic mass is 9.79. The molecular formula is C13H26N2. The van der Waals surface area contributed by atoms with E-state index in [1.165, 1.54) is 45.3 Å². The maximum Gasteiger partial charge on any atom is 0.0252 e. The van der Waals surface area contributed by atoms with Crippen LogP contribution in [-0.2, 0) is 0 Å². The molecule has 0 spiro atoms. The van der Waals surface area contributed by atoms with Crippen molar-refractivity contribution in [3.63, 3.8) is 0 Å². The van der Waals surface area contributed by atoms with Crippen LogP contribution < -0.4 is 5.32 Å². The first kappa shape index (κ1) is 11.4. The summed E-state index contributed by atoms with van der Waals surface area (Å²) in [6, 6.07) is 0.804. The summed E-state index contributed by atoms with van der Waals surface area (Å²) >= 11 is 0. The summed E-state index contributed by atoms with van der Waals surface area (Å²) in [4.78, 5) is 2.71. The fraction of sp³-hybridized carbons (Fsp3) is 1.00. The van der Waals surface area contributed by atoms with E-state index in [9.17, 15) is 0 Å². The fourth-order valence-corrected chi connectivity index (χ4v) is 2.92. The van der Waals surface area contributed by atoms with Crippen molar-refractivity contribution in [1.82, 2.24) is 10.2 Å². The highest BCUT2D eigenvalue weighted by Gasteiger charge is 2.32. The monoisotopic (exact) mass is 210 g/mol. The molecule has 1 aliphatic heterocycles. The molecule has 88 valence electrons. The topological polar surface area (TPSA) is 15.3 Å². The fourth-order valence-electron chi connectivity index (χ4n) is 2.92. The van der Waals surface area contributed by atoms with Crippen molar-refractivity contribution in [2.75, 3.05) is 19.6 Å². The van der Waals surface area contributed by atoms with Crippen LogP contribution in [0.4, 0.5) is 0 Å². The second kappa shape index (κ2) is 4.42. The second-order valence-electron chi connectivity index (χ2n) is 6.07. The minimum absolute atomic E-state index is 0.300. The van der Waals surface area contributed by atoms with Gasteiger partial charge in [-0.15, -0.1) is 0 Å². The van der Waals surface area contributed by atoms with E-state index in [2.05, 4.69) is 31.0 Å². The van der Waals surface area contributed by atoms with Gasteiger partial charge in [0, 0.05) is 18.1 Å². The van der Waals surface area contributed by atoms with Crippen LogP contribution in [0.5, 0.6) is 0 Å². The van der Waals surface area contributed by atoms with Crippen LogP contribution >= 0.6 is 0 Å². The van der Waals surface area contributed by atoms with Gasteiger partial charge in [0.05, 0.1) is 0 Å². The van der Waals surface area contributed by atoms with Gasteiger partial charge in [-0.05, 0) is 59.0 Å². The average Bonchev–Trinajstić information content (AvgIpc) is 2.23. The second-order valence-corrected chi connectivity index (χ2v) is 6.07. The van der Waals surface area contributed by atoms with E-state index in [0.29, 0.717) is 5.54 Å². The Kier molecular flexibility index (Phi) is 3.36. The summed E-state index contributed by atoms with van der Waals surface area (Å²) in [6.45, 7) is 10.8. The molecule has 1 atom stereocenters. The van der Waals surface area contributed by atoms with Crippen molar-refractivity contribution in [2.24, 2.45) is 5.92 Å². The van der Waals surface area contributed by atoms with E-state index in [0.717, 1.165) is 12.0 Å². The number of rotatable bonds is 2. The standard InChI is InChI=1S/C13H26N2/c1-11(12-6-4-7-12)15-9-5-8-14-13(2,3)10-15/h11-12,14H,4-10H2,1-3H3. The molecular weight excluding hydrogens is 184 g/mol. The lowest BCUT2D eigenvalue weighted by Gasteiger charge is -2.41. The quantitative estimate of drug-likeness (QED) is 0.752. The molecule has 1 saturated carbocycles. The van der Waals surface area contributed by atoms with Crippen molar-refractivity contribution < 1.29 is 0 Å². The van der Waals surface area contributed by atoms with Crippen LogP contribution in [0.1, 0.15) is 46.5 Å². The zero-order valence-electron chi connectivity index (χ0n) is 10.6. The van der Waals surface area contributed by atoms with Crippen LogP contribution in [0.25, 0.3) is 0 Å². The Morgan fingerprint density at radius 1 is 1.27 bits per heavy atom. The van der Waals surface area contributed by atoms with E-state index < -0.39 is 0 Å². The van der Waals surface area contributed by atoms with Crippen molar-refractivity contribution in [2.45, 2.75) is 58.0 Å². The normalized spacial score (nSPS) is 30.6. The molecule has 0 radical (unpaired) electrons. The third kappa shape index (κ3) is 2.73. The van der Waals surface area contributed by atoms with E-state index in [4.69, 9.17) is 0 Å². The van der Waals surface area contributed by atoms with Crippen LogP contribution in [0.2, 0.25) is 0 Å². The number of hydrogen-bond acceptors (Lipinski definition) is 2. The van der Waals surface area contributed by atoms with Gasteiger partial charge < -0.3 is 5.32 Å². The molecule has 1 aliphatic carbocycles. The Balaban J connectivity index is 1.94. The number of nitrogens with one attached hydrogen (secondary N) is 1. The Hall–Kier alpha value is -0.0800. The highest BCUT2D eigenvalue weighted by molar-refractivity contribution is 4.90. The smallest absolute Gasteiger partial charge is 0.0252 e. The van der Waals surface area contributed by atoms with Crippen LogP contribution in [0, 0.1) is 5.92 Å². The van der Waals surface area contributed by atoms with Crippen molar-refractivity contribution in [3.05, 3.63) is 0 Å². The van der Waals surface area contributed by atoms with Gasteiger partial charge in [0.15, 0.2) is 0 Å². The molecule has 0 bridgehead atoms. The molecule has 2 heteroatoms. The first-order chi connectivity index (χ1) is 7.08. The van der Waals surface area contributed by atoms with Gasteiger partial charge in [-0.2, -0.15) is 0 Å². The minimum atomic E-state index is 0.300. The van der Waals surface area contributed by atoms with E-state index in [-0.39, 0.29) is 0 Å². The van der Waals surface area contributed by atoms with Gasteiger partial charge in [0.25, 0.3) is 0 Å². The summed E-state index contributed by atoms with van der Waals surface area (Å²) in [5.74, 6) is 0.985. The average molecular weight is 210 g/mol. The van der Waals surface area contributed by atoms with Crippen LogP contribution in [0.3, 0.4) is 0 Å². The van der Waals surface area contributed by atoms with E-state index in [1.54, 1.807) is 0 Å². The molecule has 15 heavy (non-hydrogen) atoms. The molecule has 1 unspecified atom stereocenters. The van der Waals surface area contributed by atoms with Gasteiger partial charge in [-0.3, -0.25) is 4.90 Å². The molecule has 2 aliphatic rings. The highest BCUT2D eigenvalue weighted by atomic mass is 15.2. The Morgan fingerprint density at radius 3 is 2.60 bits per heavy atom. The third-order valence-corrected chi connectivity index (χ3v) is 4.23. The van der Waals surface area contributed by atoms with Gasteiger partial charge >= 0.3 is 0 Å². The zero-order valence-corrected chi connectivity index (χ0v) is 10.6. The summed E-state index contributed by atoms with van der Waals surface area (Å²) in [7, 11) is 0. The molecule has 2 fully saturated rings. The predicted molar refractivity (Wildman–Crippen MR) is 65.1 cm³/mol. The van der Waals surface area contributed by atoms with Gasteiger partial charge in [0.2, 0.25) is 0 Å². The maximum atomic E-state index is 3.64. The Morgan fingerprint density at radius 2 is 2.00 bits per heavy atom. The maximum absolute atomic E-state index is 3.64. The first-order valence-corrected chi connectivity index (χ1v) is 6.57. The Labute approximate surface area is 94.4 Å². The minimum Gasteiger partial charge on any atom is -0.310 e. The van der Waals surface area contributed by atoms with Crippen LogP contribution in [0.15, 0.2) is 0 Å². The lowest BCUT2D eigenvalue weighted by molar-refractivity contribution is 0.0949. The predicted octanol–water partition coefficient (Wildman–Crippen LogP) is 2.25. The Bertz CT molecular complexity index is 209. The molecule has 0 aromatic rings. The van der Waals surface area contributed by atoms with Crippen molar-refractivity contribution >= 4 is 0 Å². The SMILES string of the molecule is CC(C1CCC1)N1CCCNC(C)(C)C1. The molecule has 2 nitrogen and oxygen atoms in total. The molecule has 1 heterocycles. The van der Waals surface area contributed by atoms with E-state index in [1.807, 2.05) is 0 Å². The molecule has 2 rings (SSSR count).